The SMILES string of the molecule is CC(C)c1nc2cc(C(=O)O)ccc2n1C1CC1. The molecule has 0 bridgehead atoms. The molecule has 4 nitrogen and oxygen atoms in total. The van der Waals surface area contributed by atoms with Gasteiger partial charge in [-0.2, -0.15) is 0 Å². The van der Waals surface area contributed by atoms with Crippen molar-refractivity contribution in [2.45, 2.75) is 38.6 Å². The second kappa shape index (κ2) is 3.83. The first-order chi connectivity index (χ1) is 8.58. The molecule has 1 saturated carbocycles. The molecule has 1 fully saturated rings. The van der Waals surface area contributed by atoms with Crippen molar-refractivity contribution in [3.05, 3.63) is 29.6 Å². The molecule has 1 heterocycles. The Bertz CT molecular complexity index is 624. The van der Waals surface area contributed by atoms with Gasteiger partial charge in [0.15, 0.2) is 0 Å². The van der Waals surface area contributed by atoms with Crippen LogP contribution in [0.25, 0.3) is 11.0 Å². The van der Waals surface area contributed by atoms with Crippen molar-refractivity contribution in [3.63, 3.8) is 0 Å². The van der Waals surface area contributed by atoms with E-state index in [2.05, 4.69) is 23.4 Å². The fraction of sp³-hybridized carbons (Fsp3) is 0.429. The summed E-state index contributed by atoms with van der Waals surface area (Å²) in [6.45, 7) is 4.25. The number of fused-ring (bicyclic) bond motifs is 1. The van der Waals surface area contributed by atoms with E-state index in [1.807, 2.05) is 6.07 Å². The van der Waals surface area contributed by atoms with E-state index < -0.39 is 5.97 Å². The third-order valence-corrected chi connectivity index (χ3v) is 3.39. The molecule has 0 amide bonds. The van der Waals surface area contributed by atoms with E-state index >= 15 is 0 Å². The first kappa shape index (κ1) is 11.3. The molecule has 0 unspecified atom stereocenters. The van der Waals surface area contributed by atoms with Crippen molar-refractivity contribution < 1.29 is 9.90 Å². The van der Waals surface area contributed by atoms with Gasteiger partial charge in [-0.15, -0.1) is 0 Å². The van der Waals surface area contributed by atoms with Crippen LogP contribution in [0.1, 0.15) is 54.8 Å². The third-order valence-electron chi connectivity index (χ3n) is 3.39. The molecular weight excluding hydrogens is 228 g/mol. The Kier molecular flexibility index (Phi) is 2.40. The van der Waals surface area contributed by atoms with Crippen LogP contribution in [0.4, 0.5) is 0 Å². The smallest absolute Gasteiger partial charge is 0.335 e. The first-order valence-electron chi connectivity index (χ1n) is 6.33. The van der Waals surface area contributed by atoms with E-state index in [1.54, 1.807) is 12.1 Å². The summed E-state index contributed by atoms with van der Waals surface area (Å²) < 4.78 is 2.28. The van der Waals surface area contributed by atoms with Crippen molar-refractivity contribution in [1.82, 2.24) is 9.55 Å². The zero-order chi connectivity index (χ0) is 12.9. The molecule has 3 rings (SSSR count). The highest BCUT2D eigenvalue weighted by Gasteiger charge is 2.29. The van der Waals surface area contributed by atoms with Gasteiger partial charge in [-0.3, -0.25) is 0 Å². The van der Waals surface area contributed by atoms with Crippen LogP contribution in [-0.2, 0) is 0 Å². The van der Waals surface area contributed by atoms with Crippen molar-refractivity contribution in [1.29, 1.82) is 0 Å². The van der Waals surface area contributed by atoms with Gasteiger partial charge >= 0.3 is 5.97 Å². The van der Waals surface area contributed by atoms with Crippen LogP contribution in [0, 0.1) is 0 Å². The molecule has 0 radical (unpaired) electrons. The number of hydrogen-bond donors (Lipinski definition) is 1. The summed E-state index contributed by atoms with van der Waals surface area (Å²) in [5.41, 5.74) is 2.16. The monoisotopic (exact) mass is 244 g/mol. The largest absolute Gasteiger partial charge is 0.478 e. The lowest BCUT2D eigenvalue weighted by Crippen LogP contribution is -2.03. The lowest BCUT2D eigenvalue weighted by molar-refractivity contribution is 0.0697. The zero-order valence-corrected chi connectivity index (χ0v) is 10.6. The quantitative estimate of drug-likeness (QED) is 0.902. The van der Waals surface area contributed by atoms with Gasteiger partial charge in [0.25, 0.3) is 0 Å². The summed E-state index contributed by atoms with van der Waals surface area (Å²) in [5, 5.41) is 9.02. The molecule has 0 saturated heterocycles. The highest BCUT2D eigenvalue weighted by molar-refractivity contribution is 5.92. The van der Waals surface area contributed by atoms with E-state index in [-0.39, 0.29) is 0 Å². The highest BCUT2D eigenvalue weighted by atomic mass is 16.4. The molecule has 1 aromatic carbocycles. The van der Waals surface area contributed by atoms with Gasteiger partial charge in [-0.05, 0) is 31.0 Å². The molecule has 0 spiro atoms. The van der Waals surface area contributed by atoms with Crippen LogP contribution in [0.2, 0.25) is 0 Å². The minimum Gasteiger partial charge on any atom is -0.478 e. The number of aromatic nitrogens is 2. The third kappa shape index (κ3) is 1.68. The zero-order valence-electron chi connectivity index (χ0n) is 10.6. The maximum Gasteiger partial charge on any atom is 0.335 e. The van der Waals surface area contributed by atoms with E-state index in [9.17, 15) is 4.79 Å². The second-order valence-corrected chi connectivity index (χ2v) is 5.23. The number of carbonyl (C=O) groups is 1. The lowest BCUT2D eigenvalue weighted by Gasteiger charge is -2.09. The number of carboxylic acid groups (broad SMARTS) is 1. The molecule has 0 aliphatic heterocycles. The number of benzene rings is 1. The Morgan fingerprint density at radius 1 is 1.44 bits per heavy atom. The minimum atomic E-state index is -0.899. The van der Waals surface area contributed by atoms with Crippen molar-refractivity contribution in [3.8, 4) is 0 Å². The highest BCUT2D eigenvalue weighted by Crippen LogP contribution is 2.40. The number of nitrogens with zero attached hydrogens (tertiary/aromatic N) is 2. The molecule has 1 aliphatic carbocycles. The minimum absolute atomic E-state index is 0.304. The molecule has 18 heavy (non-hydrogen) atoms. The number of hydrogen-bond acceptors (Lipinski definition) is 2. The van der Waals surface area contributed by atoms with Gasteiger partial charge < -0.3 is 9.67 Å². The number of carboxylic acids is 1. The molecule has 1 aromatic heterocycles. The van der Waals surface area contributed by atoms with Crippen LogP contribution in [-0.4, -0.2) is 20.6 Å². The normalized spacial score (nSPS) is 15.5. The van der Waals surface area contributed by atoms with E-state index in [0.717, 1.165) is 16.9 Å². The van der Waals surface area contributed by atoms with Crippen LogP contribution in [0.5, 0.6) is 0 Å². The van der Waals surface area contributed by atoms with Crippen LogP contribution in [0.3, 0.4) is 0 Å². The molecule has 2 aromatic rings. The second-order valence-electron chi connectivity index (χ2n) is 5.23. The number of rotatable bonds is 3. The van der Waals surface area contributed by atoms with Gasteiger partial charge in [0.2, 0.25) is 0 Å². The topological polar surface area (TPSA) is 55.1 Å². The van der Waals surface area contributed by atoms with E-state index in [1.165, 1.54) is 12.8 Å². The van der Waals surface area contributed by atoms with Crippen molar-refractivity contribution >= 4 is 17.0 Å². The molecule has 1 aliphatic rings. The number of imidazole rings is 1. The number of aromatic carboxylic acids is 1. The Balaban J connectivity index is 2.23. The first-order valence-corrected chi connectivity index (χ1v) is 6.33. The molecule has 1 N–H and O–H groups in total. The molecular formula is C14H16N2O2. The maximum absolute atomic E-state index is 11.0. The maximum atomic E-state index is 11.0. The van der Waals surface area contributed by atoms with Crippen LogP contribution >= 0.6 is 0 Å². The predicted octanol–water partition coefficient (Wildman–Crippen LogP) is 3.19. The van der Waals surface area contributed by atoms with Gasteiger partial charge in [0.05, 0.1) is 16.6 Å². The summed E-state index contributed by atoms with van der Waals surface area (Å²) in [6.07, 6.45) is 2.40. The Morgan fingerprint density at radius 3 is 2.72 bits per heavy atom. The average molecular weight is 244 g/mol. The molecule has 4 heteroatoms. The van der Waals surface area contributed by atoms with Gasteiger partial charge in [0, 0.05) is 12.0 Å². The predicted molar refractivity (Wildman–Crippen MR) is 69.1 cm³/mol. The Labute approximate surface area is 105 Å². The fourth-order valence-corrected chi connectivity index (χ4v) is 2.37. The summed E-state index contributed by atoms with van der Waals surface area (Å²) in [6, 6.07) is 5.77. The molecule has 0 atom stereocenters. The van der Waals surface area contributed by atoms with Gasteiger partial charge in [-0.25, -0.2) is 9.78 Å². The summed E-state index contributed by atoms with van der Waals surface area (Å²) in [5.74, 6) is 0.519. The molecule has 94 valence electrons. The van der Waals surface area contributed by atoms with Crippen molar-refractivity contribution in [2.24, 2.45) is 0 Å². The van der Waals surface area contributed by atoms with Gasteiger partial charge in [-0.1, -0.05) is 13.8 Å². The standard InChI is InChI=1S/C14H16N2O2/c1-8(2)13-15-11-7-9(14(17)18)3-6-12(11)16(13)10-4-5-10/h3,6-8,10H,4-5H2,1-2H3,(H,17,18). The average Bonchev–Trinajstić information content (AvgIpc) is 3.08. The fourth-order valence-electron chi connectivity index (χ4n) is 2.37. The van der Waals surface area contributed by atoms with Crippen LogP contribution < -0.4 is 0 Å². The van der Waals surface area contributed by atoms with Crippen molar-refractivity contribution in [2.75, 3.05) is 0 Å². The summed E-state index contributed by atoms with van der Waals surface area (Å²) >= 11 is 0. The Hall–Kier alpha value is -1.84. The van der Waals surface area contributed by atoms with Crippen LogP contribution in [0.15, 0.2) is 18.2 Å². The summed E-state index contributed by atoms with van der Waals surface area (Å²) in [7, 11) is 0. The van der Waals surface area contributed by atoms with E-state index in [0.29, 0.717) is 17.5 Å². The Morgan fingerprint density at radius 2 is 2.17 bits per heavy atom. The summed E-state index contributed by atoms with van der Waals surface area (Å²) in [4.78, 5) is 15.6. The van der Waals surface area contributed by atoms with E-state index in [4.69, 9.17) is 5.11 Å². The van der Waals surface area contributed by atoms with Gasteiger partial charge in [0.1, 0.15) is 5.82 Å². The lowest BCUT2D eigenvalue weighted by atomic mass is 10.2.